The summed E-state index contributed by atoms with van der Waals surface area (Å²) in [5.74, 6) is -1.64. The molecule has 0 fully saturated rings. The number of hydrogen-bond acceptors (Lipinski definition) is 10. The van der Waals surface area contributed by atoms with Gasteiger partial charge in [0.05, 0.1) is 26.6 Å². The fourth-order valence-electron chi connectivity index (χ4n) is 4.23. The molecule has 0 saturated carbocycles. The molecule has 5 rings (SSSR count). The number of carbonyl (C=O) groups is 1. The summed E-state index contributed by atoms with van der Waals surface area (Å²) in [5.41, 5.74) is -0.484. The van der Waals surface area contributed by atoms with Gasteiger partial charge in [-0.3, -0.25) is 4.79 Å². The fourth-order valence-corrected chi connectivity index (χ4v) is 5.53. The first-order chi connectivity index (χ1) is 18.9. The van der Waals surface area contributed by atoms with Crippen LogP contribution in [0.25, 0.3) is 21.5 Å². The standard InChI is InChI=1S/C27H19N3O8S2.2Na/c31-26-24-19(22(39(33,34)35)14-13-21(24)28-27(32)17-8-2-1-3-9-17)15-23(40(36,37)38)25(26)30-29-20-12-6-10-16-7-4-5-11-18(16)20;;/h1-15,31H,(H,28,32)(H,33,34,35)(H,36,37,38);;/q;2*+1/p-2. The molecule has 5 aromatic carbocycles. The summed E-state index contributed by atoms with van der Waals surface area (Å²) >= 11 is 0. The van der Waals surface area contributed by atoms with Crippen molar-refractivity contribution in [2.45, 2.75) is 9.79 Å². The van der Waals surface area contributed by atoms with Crippen LogP contribution in [-0.4, -0.2) is 37.0 Å². The van der Waals surface area contributed by atoms with Crippen molar-refractivity contribution in [1.82, 2.24) is 0 Å². The minimum absolute atomic E-state index is 0. The van der Waals surface area contributed by atoms with E-state index >= 15 is 0 Å². The zero-order valence-electron chi connectivity index (χ0n) is 22.2. The molecule has 42 heavy (non-hydrogen) atoms. The molecule has 0 atom stereocenters. The van der Waals surface area contributed by atoms with E-state index in [1.165, 1.54) is 12.1 Å². The van der Waals surface area contributed by atoms with Gasteiger partial charge in [-0.1, -0.05) is 54.6 Å². The molecule has 0 unspecified atom stereocenters. The van der Waals surface area contributed by atoms with Crippen molar-refractivity contribution in [2.24, 2.45) is 10.2 Å². The number of aromatic hydroxyl groups is 1. The number of hydrogen-bond donors (Lipinski definition) is 2. The minimum atomic E-state index is -5.38. The number of nitrogens with one attached hydrogen (secondary N) is 1. The molecule has 11 nitrogen and oxygen atoms in total. The van der Waals surface area contributed by atoms with E-state index in [9.17, 15) is 35.8 Å². The zero-order valence-corrected chi connectivity index (χ0v) is 27.8. The average Bonchev–Trinajstić information content (AvgIpc) is 2.91. The molecular weight excluding hydrogens is 604 g/mol. The molecule has 0 spiro atoms. The Balaban J connectivity index is 0.00000242. The van der Waals surface area contributed by atoms with Crippen LogP contribution in [0.15, 0.2) is 111 Å². The predicted molar refractivity (Wildman–Crippen MR) is 144 cm³/mol. The van der Waals surface area contributed by atoms with Crippen molar-refractivity contribution in [1.29, 1.82) is 0 Å². The third-order valence-electron chi connectivity index (χ3n) is 6.02. The van der Waals surface area contributed by atoms with Gasteiger partial charge in [-0.05, 0) is 41.8 Å². The fraction of sp³-hybridized carbons (Fsp3) is 0. The molecule has 0 aliphatic rings. The van der Waals surface area contributed by atoms with Crippen LogP contribution in [0.1, 0.15) is 10.4 Å². The monoisotopic (exact) mass is 621 g/mol. The number of benzene rings is 5. The number of nitrogens with zero attached hydrogens (tertiary/aromatic N) is 2. The predicted octanol–water partition coefficient (Wildman–Crippen LogP) is -0.817. The van der Waals surface area contributed by atoms with Gasteiger partial charge in [0.1, 0.15) is 25.9 Å². The summed E-state index contributed by atoms with van der Waals surface area (Å²) in [6.07, 6.45) is 0. The van der Waals surface area contributed by atoms with E-state index in [1.54, 1.807) is 48.5 Å². The van der Waals surface area contributed by atoms with Gasteiger partial charge >= 0.3 is 59.1 Å². The van der Waals surface area contributed by atoms with E-state index in [4.69, 9.17) is 0 Å². The molecule has 5 aromatic rings. The number of carbonyl (C=O) groups excluding carboxylic acids is 1. The van der Waals surface area contributed by atoms with Crippen molar-refractivity contribution in [3.63, 3.8) is 0 Å². The molecule has 2 N–H and O–H groups in total. The second kappa shape index (κ2) is 13.3. The molecule has 0 bridgehead atoms. The first kappa shape index (κ1) is 33.8. The van der Waals surface area contributed by atoms with E-state index < -0.39 is 58.1 Å². The molecule has 0 heterocycles. The molecule has 0 aromatic heterocycles. The third-order valence-corrected chi connectivity index (χ3v) is 7.77. The Labute approximate surface area is 284 Å². The van der Waals surface area contributed by atoms with Crippen LogP contribution in [0.2, 0.25) is 0 Å². The maximum absolute atomic E-state index is 12.8. The Morgan fingerprint density at radius 2 is 1.33 bits per heavy atom. The molecule has 0 aliphatic heterocycles. The van der Waals surface area contributed by atoms with Gasteiger partial charge in [0.25, 0.3) is 5.91 Å². The summed E-state index contributed by atoms with van der Waals surface area (Å²) < 4.78 is 72.6. The van der Waals surface area contributed by atoms with E-state index in [2.05, 4.69) is 15.5 Å². The third kappa shape index (κ3) is 6.92. The molecule has 0 radical (unpaired) electrons. The van der Waals surface area contributed by atoms with Crippen LogP contribution in [-0.2, 0) is 20.2 Å². The Morgan fingerprint density at radius 1 is 0.714 bits per heavy atom. The Bertz CT molecular complexity index is 2070. The van der Waals surface area contributed by atoms with Crippen molar-refractivity contribution < 1.29 is 95.0 Å². The van der Waals surface area contributed by atoms with Crippen LogP contribution in [0.3, 0.4) is 0 Å². The van der Waals surface area contributed by atoms with Gasteiger partial charge in [0.2, 0.25) is 0 Å². The quantitative estimate of drug-likeness (QED) is 0.140. The first-order valence-electron chi connectivity index (χ1n) is 11.5. The largest absolute Gasteiger partial charge is 1.00 e. The summed E-state index contributed by atoms with van der Waals surface area (Å²) in [5, 5.41) is 22.1. The molecule has 0 aliphatic carbocycles. The topological polar surface area (TPSA) is 188 Å². The number of phenols is 1. The van der Waals surface area contributed by atoms with Crippen molar-refractivity contribution in [3.8, 4) is 5.75 Å². The molecular formula is C27H17N3Na2O8S2. The van der Waals surface area contributed by atoms with Crippen molar-refractivity contribution in [2.75, 3.05) is 5.32 Å². The van der Waals surface area contributed by atoms with Crippen LogP contribution >= 0.6 is 0 Å². The summed E-state index contributed by atoms with van der Waals surface area (Å²) in [7, 11) is -10.6. The smallest absolute Gasteiger partial charge is 0.744 e. The normalized spacial score (nSPS) is 11.7. The minimum Gasteiger partial charge on any atom is -0.744 e. The number of amides is 1. The van der Waals surface area contributed by atoms with E-state index in [1.807, 2.05) is 12.1 Å². The Morgan fingerprint density at radius 3 is 2.00 bits per heavy atom. The van der Waals surface area contributed by atoms with Crippen LogP contribution < -0.4 is 64.4 Å². The Hall–Kier alpha value is -2.69. The molecule has 202 valence electrons. The van der Waals surface area contributed by atoms with Gasteiger partial charge < -0.3 is 19.5 Å². The maximum atomic E-state index is 12.8. The SMILES string of the molecule is O=C(Nc1ccc(S(=O)(=O)[O-])c2cc(S(=O)(=O)[O-])c(N=Nc3cccc4ccccc34)c(O)c12)c1ccccc1.[Na+].[Na+]. The van der Waals surface area contributed by atoms with Gasteiger partial charge in [0.15, 0.2) is 5.75 Å². The zero-order chi connectivity index (χ0) is 28.7. The van der Waals surface area contributed by atoms with Gasteiger partial charge in [-0.25, -0.2) is 16.8 Å². The molecule has 15 heteroatoms. The first-order valence-corrected chi connectivity index (χ1v) is 14.3. The van der Waals surface area contributed by atoms with E-state index in [0.717, 1.165) is 17.5 Å². The van der Waals surface area contributed by atoms with E-state index in [-0.39, 0.29) is 76.1 Å². The van der Waals surface area contributed by atoms with Crippen LogP contribution in [0, 0.1) is 0 Å². The second-order valence-electron chi connectivity index (χ2n) is 8.53. The van der Waals surface area contributed by atoms with Gasteiger partial charge in [-0.15, -0.1) is 10.2 Å². The number of anilines is 1. The average molecular weight is 622 g/mol. The molecule has 1 amide bonds. The van der Waals surface area contributed by atoms with E-state index in [0.29, 0.717) is 11.5 Å². The summed E-state index contributed by atoms with van der Waals surface area (Å²) in [6, 6.07) is 22.6. The maximum Gasteiger partial charge on any atom is 1.00 e. The Kier molecular flexibility index (Phi) is 10.7. The van der Waals surface area contributed by atoms with Crippen molar-refractivity contribution in [3.05, 3.63) is 96.6 Å². The number of azo groups is 1. The van der Waals surface area contributed by atoms with Crippen LogP contribution in [0.5, 0.6) is 5.75 Å². The number of fused-ring (bicyclic) bond motifs is 2. The van der Waals surface area contributed by atoms with Gasteiger partial charge in [-0.2, -0.15) is 0 Å². The second-order valence-corrected chi connectivity index (χ2v) is 11.2. The summed E-state index contributed by atoms with van der Waals surface area (Å²) in [4.78, 5) is 10.8. The van der Waals surface area contributed by atoms with Gasteiger partial charge in [0, 0.05) is 16.3 Å². The van der Waals surface area contributed by atoms with Crippen LogP contribution in [0.4, 0.5) is 17.1 Å². The number of phenolic OH excluding ortho intramolecular Hbond substituents is 1. The molecule has 0 saturated heterocycles. The number of rotatable bonds is 6. The van der Waals surface area contributed by atoms with Crippen molar-refractivity contribution >= 4 is 64.8 Å². The summed E-state index contributed by atoms with van der Waals surface area (Å²) in [6.45, 7) is 0.